The van der Waals surface area contributed by atoms with E-state index in [-0.39, 0.29) is 18.4 Å². The molecule has 27 heavy (non-hydrogen) atoms. The smallest absolute Gasteiger partial charge is 0.223 e. The Morgan fingerprint density at radius 2 is 1.78 bits per heavy atom. The number of benzene rings is 2. The number of nitrogens with one attached hydrogen (secondary N) is 1. The average molecular weight is 387 g/mol. The zero-order valence-corrected chi connectivity index (χ0v) is 17.0. The minimum absolute atomic E-state index is 0. The first-order chi connectivity index (χ1) is 12.7. The monoisotopic (exact) mass is 386 g/mol. The summed E-state index contributed by atoms with van der Waals surface area (Å²) in [5.41, 5.74) is 1.26. The lowest BCUT2D eigenvalue weighted by Crippen LogP contribution is -2.36. The number of carbonyl (C=O) groups excluding carboxylic acids is 1. The third kappa shape index (κ3) is 4.83. The van der Waals surface area contributed by atoms with Crippen LogP contribution in [-0.2, 0) is 4.79 Å². The zero-order valence-electron chi connectivity index (χ0n) is 16.2. The molecule has 2 fully saturated rings. The van der Waals surface area contributed by atoms with Gasteiger partial charge in [0, 0.05) is 12.5 Å². The molecule has 0 spiro atoms. The summed E-state index contributed by atoms with van der Waals surface area (Å²) in [6, 6.07) is 15.7. The predicted molar refractivity (Wildman–Crippen MR) is 114 cm³/mol. The lowest BCUT2D eigenvalue weighted by molar-refractivity contribution is -0.134. The van der Waals surface area contributed by atoms with E-state index in [4.69, 9.17) is 0 Å². The van der Waals surface area contributed by atoms with Crippen LogP contribution in [0.3, 0.4) is 0 Å². The molecule has 1 saturated carbocycles. The van der Waals surface area contributed by atoms with E-state index in [1.54, 1.807) is 0 Å². The van der Waals surface area contributed by atoms with Gasteiger partial charge in [-0.05, 0) is 80.4 Å². The van der Waals surface area contributed by atoms with Crippen molar-refractivity contribution in [2.45, 2.75) is 57.5 Å². The molecular formula is C23H31ClN2O. The standard InChI is InChI=1S/C23H30N2O.ClH/c1-17(20-8-7-19-4-2-3-5-21(19)16-20)25(22-9-10-22)23(26)11-6-18-12-14-24-15-13-18;/h2-5,7-8,16-18,22,24H,6,9-15H2,1H3;1H. The lowest BCUT2D eigenvalue weighted by Gasteiger charge is -2.31. The molecule has 1 heterocycles. The van der Waals surface area contributed by atoms with Gasteiger partial charge in [0.2, 0.25) is 5.91 Å². The highest BCUT2D eigenvalue weighted by atomic mass is 35.5. The second kappa shape index (κ2) is 9.07. The predicted octanol–water partition coefficient (Wildman–Crippen LogP) is 5.09. The fourth-order valence-corrected chi connectivity index (χ4v) is 4.34. The summed E-state index contributed by atoms with van der Waals surface area (Å²) in [5, 5.41) is 5.93. The van der Waals surface area contributed by atoms with Gasteiger partial charge < -0.3 is 10.2 Å². The highest BCUT2D eigenvalue weighted by Gasteiger charge is 2.36. The number of amides is 1. The molecule has 2 aliphatic rings. The number of rotatable bonds is 6. The van der Waals surface area contributed by atoms with Crippen molar-refractivity contribution in [3.05, 3.63) is 48.0 Å². The molecule has 1 aliphatic heterocycles. The van der Waals surface area contributed by atoms with Crippen molar-refractivity contribution >= 4 is 29.1 Å². The molecule has 1 aliphatic carbocycles. The van der Waals surface area contributed by atoms with E-state index in [1.165, 1.54) is 29.2 Å². The summed E-state index contributed by atoms with van der Waals surface area (Å²) in [7, 11) is 0. The Labute approximate surface area is 168 Å². The fraction of sp³-hybridized carbons (Fsp3) is 0.522. The number of nitrogens with zero attached hydrogens (tertiary/aromatic N) is 1. The van der Waals surface area contributed by atoms with Gasteiger partial charge >= 0.3 is 0 Å². The Balaban J connectivity index is 0.00000210. The number of fused-ring (bicyclic) bond motifs is 1. The third-order valence-electron chi connectivity index (χ3n) is 6.13. The van der Waals surface area contributed by atoms with Crippen molar-refractivity contribution < 1.29 is 4.79 Å². The summed E-state index contributed by atoms with van der Waals surface area (Å²) < 4.78 is 0. The van der Waals surface area contributed by atoms with Gasteiger partial charge in [-0.25, -0.2) is 0 Å². The molecule has 1 amide bonds. The zero-order chi connectivity index (χ0) is 17.9. The first kappa shape index (κ1) is 20.2. The molecule has 2 aromatic carbocycles. The maximum atomic E-state index is 13.1. The largest absolute Gasteiger partial charge is 0.333 e. The van der Waals surface area contributed by atoms with E-state index in [2.05, 4.69) is 59.6 Å². The molecule has 0 aromatic heterocycles. The van der Waals surface area contributed by atoms with Gasteiger partial charge in [-0.3, -0.25) is 4.79 Å². The molecule has 4 rings (SSSR count). The fourth-order valence-electron chi connectivity index (χ4n) is 4.34. The second-order valence-corrected chi connectivity index (χ2v) is 8.05. The van der Waals surface area contributed by atoms with Crippen LogP contribution in [-0.4, -0.2) is 29.9 Å². The Kier molecular flexibility index (Phi) is 6.78. The summed E-state index contributed by atoms with van der Waals surface area (Å²) in [5.74, 6) is 1.07. The van der Waals surface area contributed by atoms with E-state index < -0.39 is 0 Å². The first-order valence-corrected chi connectivity index (χ1v) is 10.2. The Bertz CT molecular complexity index is 768. The first-order valence-electron chi connectivity index (χ1n) is 10.2. The van der Waals surface area contributed by atoms with Crippen molar-refractivity contribution in [2.75, 3.05) is 13.1 Å². The van der Waals surface area contributed by atoms with Crippen LogP contribution in [0.25, 0.3) is 10.8 Å². The van der Waals surface area contributed by atoms with Crippen LogP contribution in [0.1, 0.15) is 57.1 Å². The quantitative estimate of drug-likeness (QED) is 0.749. The van der Waals surface area contributed by atoms with Crippen LogP contribution in [0.15, 0.2) is 42.5 Å². The summed E-state index contributed by atoms with van der Waals surface area (Å²) in [4.78, 5) is 15.2. The van der Waals surface area contributed by atoms with Crippen LogP contribution in [0.5, 0.6) is 0 Å². The van der Waals surface area contributed by atoms with E-state index in [0.717, 1.165) is 38.3 Å². The summed E-state index contributed by atoms with van der Waals surface area (Å²) >= 11 is 0. The summed E-state index contributed by atoms with van der Waals surface area (Å²) in [6.45, 7) is 4.42. The normalized spacial score (nSPS) is 18.7. The Hall–Kier alpha value is -1.58. The number of hydrogen-bond donors (Lipinski definition) is 1. The molecule has 1 unspecified atom stereocenters. The number of hydrogen-bond acceptors (Lipinski definition) is 2. The topological polar surface area (TPSA) is 32.3 Å². The number of piperidine rings is 1. The van der Waals surface area contributed by atoms with Crippen molar-refractivity contribution in [2.24, 2.45) is 5.92 Å². The Morgan fingerprint density at radius 1 is 1.07 bits per heavy atom. The Morgan fingerprint density at radius 3 is 2.48 bits per heavy atom. The van der Waals surface area contributed by atoms with Gasteiger partial charge in [0.25, 0.3) is 0 Å². The van der Waals surface area contributed by atoms with E-state index in [1.807, 2.05) is 0 Å². The molecule has 1 saturated heterocycles. The minimum atomic E-state index is 0. The SMILES string of the molecule is CC(c1ccc2ccccc2c1)N(C(=O)CCC1CCNCC1)C1CC1.Cl. The van der Waals surface area contributed by atoms with Crippen LogP contribution in [0.4, 0.5) is 0 Å². The van der Waals surface area contributed by atoms with Crippen LogP contribution >= 0.6 is 12.4 Å². The highest BCUT2D eigenvalue weighted by molar-refractivity contribution is 5.85. The van der Waals surface area contributed by atoms with Crippen LogP contribution in [0, 0.1) is 5.92 Å². The van der Waals surface area contributed by atoms with Crippen molar-refractivity contribution in [1.29, 1.82) is 0 Å². The van der Waals surface area contributed by atoms with Crippen molar-refractivity contribution in [3.63, 3.8) is 0 Å². The maximum absolute atomic E-state index is 13.1. The van der Waals surface area contributed by atoms with Gasteiger partial charge in [0.1, 0.15) is 0 Å². The average Bonchev–Trinajstić information content (AvgIpc) is 3.52. The van der Waals surface area contributed by atoms with Gasteiger partial charge in [0.15, 0.2) is 0 Å². The third-order valence-corrected chi connectivity index (χ3v) is 6.13. The minimum Gasteiger partial charge on any atom is -0.333 e. The number of halogens is 1. The van der Waals surface area contributed by atoms with Gasteiger partial charge in [-0.1, -0.05) is 36.4 Å². The molecule has 0 bridgehead atoms. The van der Waals surface area contributed by atoms with E-state index in [9.17, 15) is 4.79 Å². The second-order valence-electron chi connectivity index (χ2n) is 8.05. The molecule has 3 nitrogen and oxygen atoms in total. The molecular weight excluding hydrogens is 356 g/mol. The van der Waals surface area contributed by atoms with Crippen LogP contribution in [0.2, 0.25) is 0 Å². The van der Waals surface area contributed by atoms with Gasteiger partial charge in [-0.2, -0.15) is 0 Å². The molecule has 0 radical (unpaired) electrons. The number of carbonyl (C=O) groups is 1. The maximum Gasteiger partial charge on any atom is 0.223 e. The van der Waals surface area contributed by atoms with Gasteiger partial charge in [-0.15, -0.1) is 12.4 Å². The highest BCUT2D eigenvalue weighted by Crippen LogP contribution is 2.36. The summed E-state index contributed by atoms with van der Waals surface area (Å²) in [6.07, 6.45) is 6.52. The molecule has 1 N–H and O–H groups in total. The van der Waals surface area contributed by atoms with Crippen LogP contribution < -0.4 is 5.32 Å². The molecule has 1 atom stereocenters. The van der Waals surface area contributed by atoms with Gasteiger partial charge in [0.05, 0.1) is 6.04 Å². The molecule has 2 aromatic rings. The lowest BCUT2D eigenvalue weighted by atomic mass is 9.92. The molecule has 146 valence electrons. The van der Waals surface area contributed by atoms with E-state index in [0.29, 0.717) is 18.4 Å². The van der Waals surface area contributed by atoms with E-state index >= 15 is 0 Å². The molecule has 4 heteroatoms. The van der Waals surface area contributed by atoms with Crippen molar-refractivity contribution in [3.8, 4) is 0 Å². The van der Waals surface area contributed by atoms with Crippen molar-refractivity contribution in [1.82, 2.24) is 10.2 Å².